The maximum atomic E-state index is 13.3. The van der Waals surface area contributed by atoms with E-state index in [9.17, 15) is 14.4 Å². The number of nitrogens with one attached hydrogen (secondary N) is 2. The lowest BCUT2D eigenvalue weighted by atomic mass is 9.88. The third-order valence-corrected chi connectivity index (χ3v) is 8.84. The van der Waals surface area contributed by atoms with Crippen LogP contribution >= 0.6 is 0 Å². The molecule has 1 unspecified atom stereocenters. The fourth-order valence-corrected chi connectivity index (χ4v) is 6.06. The van der Waals surface area contributed by atoms with Gasteiger partial charge in [0.15, 0.2) is 0 Å². The molecule has 0 heterocycles. The molecular weight excluding hydrogens is 530 g/mol. The third-order valence-electron chi connectivity index (χ3n) is 8.84. The molecule has 3 rings (SSSR count). The Morgan fingerprint density at radius 2 is 1.69 bits per heavy atom. The average Bonchev–Trinajstić information content (AvgIpc) is 3.32. The normalized spacial score (nSPS) is 13.7. The quantitative estimate of drug-likeness (QED) is 0.236. The summed E-state index contributed by atoms with van der Waals surface area (Å²) in [6.45, 7) is 10.1. The first-order valence-corrected chi connectivity index (χ1v) is 15.5. The molecule has 8 nitrogen and oxygen atoms in total. The van der Waals surface area contributed by atoms with Crippen LogP contribution in [0.15, 0.2) is 36.4 Å². The molecule has 0 aromatic heterocycles. The molecule has 0 saturated carbocycles. The van der Waals surface area contributed by atoms with E-state index in [0.29, 0.717) is 38.1 Å². The average molecular weight is 580 g/mol. The maximum Gasteiger partial charge on any atom is 0.409 e. The van der Waals surface area contributed by atoms with Crippen LogP contribution in [0.2, 0.25) is 0 Å². The minimum atomic E-state index is -0.331. The molecule has 2 aromatic carbocycles. The van der Waals surface area contributed by atoms with E-state index in [1.165, 1.54) is 0 Å². The molecule has 3 amide bonds. The van der Waals surface area contributed by atoms with Crippen LogP contribution in [-0.2, 0) is 20.7 Å². The Labute approximate surface area is 251 Å². The maximum absolute atomic E-state index is 13.3. The minimum Gasteiger partial charge on any atom is -0.448 e. The number of fused-ring (bicyclic) bond motifs is 3. The van der Waals surface area contributed by atoms with Gasteiger partial charge in [0.2, 0.25) is 5.91 Å². The van der Waals surface area contributed by atoms with E-state index in [-0.39, 0.29) is 36.0 Å². The van der Waals surface area contributed by atoms with Crippen molar-refractivity contribution in [3.05, 3.63) is 58.7 Å². The molecule has 230 valence electrons. The van der Waals surface area contributed by atoms with Crippen LogP contribution < -0.4 is 10.6 Å². The van der Waals surface area contributed by atoms with E-state index in [0.717, 1.165) is 59.9 Å². The molecule has 0 saturated heterocycles. The van der Waals surface area contributed by atoms with Crippen LogP contribution in [0, 0.1) is 0 Å². The summed E-state index contributed by atoms with van der Waals surface area (Å²) < 4.78 is 11.0. The summed E-state index contributed by atoms with van der Waals surface area (Å²) in [7, 11) is 3.44. The Kier molecular flexibility index (Phi) is 12.4. The number of amides is 3. The lowest BCUT2D eigenvalue weighted by Crippen LogP contribution is -2.48. The number of hydrogen-bond donors (Lipinski definition) is 2. The van der Waals surface area contributed by atoms with Gasteiger partial charge in [-0.2, -0.15) is 0 Å². The second-order valence-electron chi connectivity index (χ2n) is 11.1. The van der Waals surface area contributed by atoms with Crippen molar-refractivity contribution < 1.29 is 23.9 Å². The lowest BCUT2D eigenvalue weighted by molar-refractivity contribution is -0.121. The fraction of sp³-hybridized carbons (Fsp3) is 0.559. The number of aryl methyl sites for hydroxylation is 1. The van der Waals surface area contributed by atoms with E-state index in [1.54, 1.807) is 12.0 Å². The van der Waals surface area contributed by atoms with Crippen LogP contribution in [0.3, 0.4) is 0 Å². The predicted molar refractivity (Wildman–Crippen MR) is 167 cm³/mol. The van der Waals surface area contributed by atoms with Gasteiger partial charge >= 0.3 is 6.09 Å². The zero-order valence-corrected chi connectivity index (χ0v) is 26.3. The van der Waals surface area contributed by atoms with Gasteiger partial charge in [0, 0.05) is 50.7 Å². The Morgan fingerprint density at radius 3 is 2.36 bits per heavy atom. The lowest BCUT2D eigenvalue weighted by Gasteiger charge is -2.39. The summed E-state index contributed by atoms with van der Waals surface area (Å²) in [4.78, 5) is 40.4. The molecule has 1 atom stereocenters. The molecule has 0 fully saturated rings. The van der Waals surface area contributed by atoms with Crippen LogP contribution in [0.1, 0.15) is 99.2 Å². The van der Waals surface area contributed by atoms with Crippen molar-refractivity contribution in [1.29, 1.82) is 0 Å². The summed E-state index contributed by atoms with van der Waals surface area (Å²) >= 11 is 0. The summed E-state index contributed by atoms with van der Waals surface area (Å²) in [5.41, 5.74) is 5.44. The van der Waals surface area contributed by atoms with Crippen LogP contribution in [0.5, 0.6) is 0 Å². The molecule has 2 N–H and O–H groups in total. The second kappa shape index (κ2) is 15.7. The smallest absolute Gasteiger partial charge is 0.409 e. The van der Waals surface area contributed by atoms with E-state index in [2.05, 4.69) is 49.6 Å². The Bertz CT molecular complexity index is 1220. The summed E-state index contributed by atoms with van der Waals surface area (Å²) in [6.07, 6.45) is 4.97. The first-order valence-electron chi connectivity index (χ1n) is 15.5. The number of ether oxygens (including phenoxy) is 2. The first kappa shape index (κ1) is 33.1. The topological polar surface area (TPSA) is 97.0 Å². The number of rotatable bonds is 16. The van der Waals surface area contributed by atoms with Crippen molar-refractivity contribution in [3.63, 3.8) is 0 Å². The summed E-state index contributed by atoms with van der Waals surface area (Å²) in [5, 5.41) is 5.88. The van der Waals surface area contributed by atoms with Gasteiger partial charge in [0.05, 0.1) is 6.61 Å². The minimum absolute atomic E-state index is 0.0135. The molecule has 0 bridgehead atoms. The van der Waals surface area contributed by atoms with Crippen molar-refractivity contribution in [2.75, 3.05) is 40.5 Å². The standard InChI is InChI=1S/C34H49N3O5/c1-7-19-36-32(39)27-15-12-14-25-29(23-42-33(40)37(5)34(8-2,9-3)10-4)28-22-24(17-18-26(28)31(25)27)13-11-16-30(38)35-20-21-41-6/h12,14-15,17-18,22,29H,7-11,13,16,19-21,23H2,1-6H3,(H,35,38)(H,36,39). The Balaban J connectivity index is 1.88. The predicted octanol–water partition coefficient (Wildman–Crippen LogP) is 6.06. The van der Waals surface area contributed by atoms with E-state index in [4.69, 9.17) is 9.47 Å². The molecule has 1 aliphatic carbocycles. The van der Waals surface area contributed by atoms with Gasteiger partial charge in [-0.3, -0.25) is 9.59 Å². The number of benzene rings is 2. The highest BCUT2D eigenvalue weighted by Gasteiger charge is 2.36. The molecule has 0 spiro atoms. The van der Waals surface area contributed by atoms with Crippen molar-refractivity contribution in [3.8, 4) is 11.1 Å². The number of nitrogens with zero attached hydrogens (tertiary/aromatic N) is 1. The molecular formula is C34H49N3O5. The SMILES string of the molecule is CCCNC(=O)c1cccc2c1-c1ccc(CCCC(=O)NCCOC)cc1C2COC(=O)N(C)C(CC)(CC)CC. The van der Waals surface area contributed by atoms with Crippen LogP contribution in [0.4, 0.5) is 4.79 Å². The Morgan fingerprint density at radius 1 is 0.952 bits per heavy atom. The number of hydrogen-bond acceptors (Lipinski definition) is 5. The fourth-order valence-electron chi connectivity index (χ4n) is 6.06. The molecule has 2 aromatic rings. The van der Waals surface area contributed by atoms with Crippen molar-refractivity contribution in [2.24, 2.45) is 0 Å². The van der Waals surface area contributed by atoms with Gasteiger partial charge in [-0.25, -0.2) is 4.79 Å². The van der Waals surface area contributed by atoms with Crippen molar-refractivity contribution in [2.45, 2.75) is 84.1 Å². The molecule has 1 aliphatic rings. The van der Waals surface area contributed by atoms with Gasteiger partial charge in [-0.05, 0) is 72.4 Å². The largest absolute Gasteiger partial charge is 0.448 e. The van der Waals surface area contributed by atoms with Crippen LogP contribution in [0.25, 0.3) is 11.1 Å². The van der Waals surface area contributed by atoms with Crippen molar-refractivity contribution in [1.82, 2.24) is 15.5 Å². The Hall–Kier alpha value is -3.39. The van der Waals surface area contributed by atoms with Gasteiger partial charge in [-0.1, -0.05) is 58.0 Å². The van der Waals surface area contributed by atoms with Gasteiger partial charge in [0.1, 0.15) is 6.61 Å². The van der Waals surface area contributed by atoms with Crippen molar-refractivity contribution >= 4 is 17.9 Å². The highest BCUT2D eigenvalue weighted by atomic mass is 16.6. The molecule has 0 aliphatic heterocycles. The zero-order chi connectivity index (χ0) is 30.7. The first-order chi connectivity index (χ1) is 20.3. The highest BCUT2D eigenvalue weighted by Crippen LogP contribution is 2.47. The van der Waals surface area contributed by atoms with E-state index < -0.39 is 0 Å². The zero-order valence-electron chi connectivity index (χ0n) is 26.3. The van der Waals surface area contributed by atoms with Gasteiger partial charge in [-0.15, -0.1) is 0 Å². The molecule has 42 heavy (non-hydrogen) atoms. The number of carbonyl (C=O) groups is 3. The molecule has 0 radical (unpaired) electrons. The summed E-state index contributed by atoms with van der Waals surface area (Å²) in [6, 6.07) is 12.1. The van der Waals surface area contributed by atoms with Gasteiger partial charge in [0.25, 0.3) is 5.91 Å². The van der Waals surface area contributed by atoms with E-state index >= 15 is 0 Å². The second-order valence-corrected chi connectivity index (χ2v) is 11.1. The summed E-state index contributed by atoms with van der Waals surface area (Å²) in [5.74, 6) is -0.276. The number of carbonyl (C=O) groups excluding carboxylic acids is 3. The van der Waals surface area contributed by atoms with E-state index in [1.807, 2.05) is 32.2 Å². The number of methoxy groups -OCH3 is 1. The van der Waals surface area contributed by atoms with Crippen LogP contribution in [-0.4, -0.2) is 68.8 Å². The highest BCUT2D eigenvalue weighted by molar-refractivity contribution is 6.03. The van der Waals surface area contributed by atoms with Gasteiger partial charge < -0.3 is 25.0 Å². The monoisotopic (exact) mass is 579 g/mol. The third kappa shape index (κ3) is 7.51. The molecule has 8 heteroatoms.